The first-order valence-corrected chi connectivity index (χ1v) is 3.86. The number of rotatable bonds is 2. The molecule has 1 heterocycles. The Kier molecular flexibility index (Phi) is 1.82. The van der Waals surface area contributed by atoms with Gasteiger partial charge < -0.3 is 10.7 Å². The quantitative estimate of drug-likeness (QED) is 0.557. The fourth-order valence-electron chi connectivity index (χ4n) is 1.39. The lowest BCUT2D eigenvalue weighted by atomic mass is 9.75. The summed E-state index contributed by atoms with van der Waals surface area (Å²) in [7, 11) is 0. The molecular weight excluding hydrogens is 124 g/mol. The summed E-state index contributed by atoms with van der Waals surface area (Å²) >= 11 is 0. The number of hydrogen-bond acceptors (Lipinski definition) is 2. The molecule has 0 radical (unpaired) electrons. The zero-order valence-electron chi connectivity index (χ0n) is 6.99. The Labute approximate surface area is 62.5 Å². The lowest BCUT2D eigenvalue weighted by Crippen LogP contribution is -2.57. The second kappa shape index (κ2) is 2.35. The lowest BCUT2D eigenvalue weighted by molar-refractivity contribution is 0.286. The van der Waals surface area contributed by atoms with Gasteiger partial charge in [0, 0.05) is 24.2 Å². The van der Waals surface area contributed by atoms with Crippen molar-refractivity contribution in [3.05, 3.63) is 0 Å². The highest BCUT2D eigenvalue weighted by Crippen LogP contribution is 2.26. The summed E-state index contributed by atoms with van der Waals surface area (Å²) in [4.78, 5) is 0. The van der Waals surface area contributed by atoms with E-state index in [1.807, 2.05) is 0 Å². The highest BCUT2D eigenvalue weighted by atomic mass is 15.0. The van der Waals surface area contributed by atoms with Gasteiger partial charge in [0.1, 0.15) is 0 Å². The van der Waals surface area contributed by atoms with Crippen molar-refractivity contribution >= 4 is 5.71 Å². The van der Waals surface area contributed by atoms with Crippen LogP contribution in [0.15, 0.2) is 0 Å². The van der Waals surface area contributed by atoms with Gasteiger partial charge in [0.2, 0.25) is 0 Å². The van der Waals surface area contributed by atoms with Crippen molar-refractivity contribution in [2.24, 2.45) is 11.3 Å². The van der Waals surface area contributed by atoms with Crippen molar-refractivity contribution in [3.63, 3.8) is 0 Å². The molecular formula is C8H16N2. The first-order valence-electron chi connectivity index (χ1n) is 3.86. The van der Waals surface area contributed by atoms with E-state index in [1.165, 1.54) is 0 Å². The van der Waals surface area contributed by atoms with Gasteiger partial charge in [0.15, 0.2) is 0 Å². The maximum atomic E-state index is 7.76. The van der Waals surface area contributed by atoms with Gasteiger partial charge in [-0.15, -0.1) is 0 Å². The Balaban J connectivity index is 2.55. The highest BCUT2D eigenvalue weighted by Gasteiger charge is 2.36. The fourth-order valence-corrected chi connectivity index (χ4v) is 1.39. The monoisotopic (exact) mass is 140 g/mol. The van der Waals surface area contributed by atoms with Gasteiger partial charge >= 0.3 is 0 Å². The molecule has 0 aromatic heterocycles. The molecule has 0 aliphatic carbocycles. The topological polar surface area (TPSA) is 35.9 Å². The summed E-state index contributed by atoms with van der Waals surface area (Å²) in [6.07, 6.45) is 0. The lowest BCUT2D eigenvalue weighted by Gasteiger charge is -2.41. The van der Waals surface area contributed by atoms with Crippen LogP contribution in [-0.4, -0.2) is 18.8 Å². The molecule has 1 fully saturated rings. The van der Waals surface area contributed by atoms with Crippen LogP contribution in [0.4, 0.5) is 0 Å². The first-order chi connectivity index (χ1) is 4.56. The van der Waals surface area contributed by atoms with E-state index >= 15 is 0 Å². The molecule has 0 atom stereocenters. The van der Waals surface area contributed by atoms with Gasteiger partial charge in [-0.25, -0.2) is 0 Å². The van der Waals surface area contributed by atoms with E-state index in [0.717, 1.165) is 18.8 Å². The molecule has 1 aliphatic rings. The summed E-state index contributed by atoms with van der Waals surface area (Å²) in [5.74, 6) is 0.409. The number of nitrogens with one attached hydrogen (secondary N) is 2. The fraction of sp³-hybridized carbons (Fsp3) is 0.875. The molecule has 58 valence electrons. The third-order valence-electron chi connectivity index (χ3n) is 2.26. The van der Waals surface area contributed by atoms with Crippen LogP contribution in [0.3, 0.4) is 0 Å². The van der Waals surface area contributed by atoms with Gasteiger partial charge in [-0.2, -0.15) is 0 Å². The third-order valence-corrected chi connectivity index (χ3v) is 2.26. The van der Waals surface area contributed by atoms with Crippen molar-refractivity contribution < 1.29 is 0 Å². The predicted molar refractivity (Wildman–Crippen MR) is 43.5 cm³/mol. The molecule has 2 heteroatoms. The number of hydrogen-bond donors (Lipinski definition) is 2. The molecule has 0 amide bonds. The smallest absolute Gasteiger partial charge is 0.0303 e. The molecule has 2 nitrogen and oxygen atoms in total. The minimum Gasteiger partial charge on any atom is -0.315 e. The minimum absolute atomic E-state index is 0.175. The maximum absolute atomic E-state index is 7.76. The second-order valence-corrected chi connectivity index (χ2v) is 3.73. The molecule has 1 saturated heterocycles. The van der Waals surface area contributed by atoms with E-state index in [2.05, 4.69) is 26.1 Å². The van der Waals surface area contributed by atoms with Crippen LogP contribution in [0.1, 0.15) is 20.8 Å². The van der Waals surface area contributed by atoms with Crippen molar-refractivity contribution in [1.29, 1.82) is 5.41 Å². The molecule has 10 heavy (non-hydrogen) atoms. The molecule has 0 bridgehead atoms. The van der Waals surface area contributed by atoms with Gasteiger partial charge in [0.05, 0.1) is 0 Å². The van der Waals surface area contributed by atoms with E-state index in [0.29, 0.717) is 5.92 Å². The Hall–Kier alpha value is -0.370. The minimum atomic E-state index is 0.175. The molecule has 2 N–H and O–H groups in total. The normalized spacial score (nSPS) is 22.4. The van der Waals surface area contributed by atoms with Crippen molar-refractivity contribution in [2.45, 2.75) is 20.8 Å². The van der Waals surface area contributed by atoms with Gasteiger partial charge in [-0.3, -0.25) is 0 Å². The van der Waals surface area contributed by atoms with Crippen LogP contribution >= 0.6 is 0 Å². The maximum Gasteiger partial charge on any atom is 0.0303 e. The van der Waals surface area contributed by atoms with Crippen LogP contribution in [0.2, 0.25) is 0 Å². The molecule has 1 aliphatic heterocycles. The summed E-state index contributed by atoms with van der Waals surface area (Å²) in [5, 5.41) is 11.0. The Morgan fingerprint density at radius 1 is 1.50 bits per heavy atom. The SMILES string of the molecule is CC(C)C(=N)C1(C)CNC1. The zero-order valence-corrected chi connectivity index (χ0v) is 6.99. The summed E-state index contributed by atoms with van der Waals surface area (Å²) in [5.41, 5.74) is 1.07. The van der Waals surface area contributed by atoms with Crippen LogP contribution in [0.5, 0.6) is 0 Å². The van der Waals surface area contributed by atoms with Crippen molar-refractivity contribution in [1.82, 2.24) is 5.32 Å². The van der Waals surface area contributed by atoms with Crippen LogP contribution in [0.25, 0.3) is 0 Å². The summed E-state index contributed by atoms with van der Waals surface area (Å²) in [6.45, 7) is 8.32. The summed E-state index contributed by atoms with van der Waals surface area (Å²) in [6, 6.07) is 0. The van der Waals surface area contributed by atoms with E-state index in [4.69, 9.17) is 5.41 Å². The molecule has 0 spiro atoms. The Morgan fingerprint density at radius 3 is 2.10 bits per heavy atom. The largest absolute Gasteiger partial charge is 0.315 e. The molecule has 0 aromatic carbocycles. The Bertz CT molecular complexity index is 145. The van der Waals surface area contributed by atoms with E-state index in [9.17, 15) is 0 Å². The Morgan fingerprint density at radius 2 is 2.00 bits per heavy atom. The van der Waals surface area contributed by atoms with Gasteiger partial charge in [0.25, 0.3) is 0 Å². The van der Waals surface area contributed by atoms with Gasteiger partial charge in [-0.1, -0.05) is 20.8 Å². The standard InChI is InChI=1S/C8H16N2/c1-6(2)7(9)8(3)4-10-5-8/h6,9-10H,4-5H2,1-3H3. The zero-order chi connectivity index (χ0) is 7.78. The first kappa shape index (κ1) is 7.73. The third kappa shape index (κ3) is 1.08. The van der Waals surface area contributed by atoms with E-state index < -0.39 is 0 Å². The predicted octanol–water partition coefficient (Wildman–Crippen LogP) is 1.27. The molecule has 0 unspecified atom stereocenters. The average Bonchev–Trinajstić information content (AvgIpc) is 1.81. The second-order valence-electron chi connectivity index (χ2n) is 3.73. The van der Waals surface area contributed by atoms with Crippen LogP contribution in [-0.2, 0) is 0 Å². The molecule has 0 aromatic rings. The van der Waals surface area contributed by atoms with Crippen molar-refractivity contribution in [2.75, 3.05) is 13.1 Å². The highest BCUT2D eigenvalue weighted by molar-refractivity contribution is 5.90. The molecule has 0 saturated carbocycles. The van der Waals surface area contributed by atoms with Crippen molar-refractivity contribution in [3.8, 4) is 0 Å². The average molecular weight is 140 g/mol. The molecule has 1 rings (SSSR count). The van der Waals surface area contributed by atoms with E-state index in [1.54, 1.807) is 0 Å². The van der Waals surface area contributed by atoms with Crippen LogP contribution < -0.4 is 5.32 Å². The van der Waals surface area contributed by atoms with Crippen LogP contribution in [0, 0.1) is 16.7 Å². The van der Waals surface area contributed by atoms with Gasteiger partial charge in [-0.05, 0) is 5.92 Å². The van der Waals surface area contributed by atoms with E-state index in [-0.39, 0.29) is 5.41 Å². The summed E-state index contributed by atoms with van der Waals surface area (Å²) < 4.78 is 0.